The van der Waals surface area contributed by atoms with Crippen LogP contribution in [0, 0.1) is 11.3 Å². The molecule has 3 rings (SSSR count). The van der Waals surface area contributed by atoms with Crippen molar-refractivity contribution in [2.75, 3.05) is 6.61 Å². The van der Waals surface area contributed by atoms with Gasteiger partial charge >= 0.3 is 0 Å². The van der Waals surface area contributed by atoms with Crippen LogP contribution in [0.1, 0.15) is 34.6 Å². The van der Waals surface area contributed by atoms with Gasteiger partial charge in [0.2, 0.25) is 0 Å². The summed E-state index contributed by atoms with van der Waals surface area (Å²) in [5.41, 5.74) is 0.0373. The fourth-order valence-electron chi connectivity index (χ4n) is 4.95. The Bertz CT molecular complexity index is 859. The molecule has 1 aliphatic carbocycles. The lowest BCUT2D eigenvalue weighted by atomic mass is 9.66. The maximum atomic E-state index is 12.0. The molecule has 3 aliphatic rings. The molecule has 13 atom stereocenters. The van der Waals surface area contributed by atoms with Crippen LogP contribution in [0.4, 0.5) is 0 Å². The van der Waals surface area contributed by atoms with Crippen LogP contribution in [0.15, 0.2) is 23.8 Å². The zero-order valence-electron chi connectivity index (χ0n) is 21.6. The van der Waals surface area contributed by atoms with Crippen molar-refractivity contribution < 1.29 is 59.5 Å². The molecular formula is C25H40O12. The molecule has 0 spiro atoms. The van der Waals surface area contributed by atoms with Gasteiger partial charge in [0.1, 0.15) is 48.8 Å². The fraction of sp³-hybridized carbons (Fsp3) is 0.800. The van der Waals surface area contributed by atoms with Crippen LogP contribution in [0.5, 0.6) is 0 Å². The summed E-state index contributed by atoms with van der Waals surface area (Å²) in [5.74, 6) is -0.600. The zero-order valence-corrected chi connectivity index (χ0v) is 21.6. The maximum absolute atomic E-state index is 12.0. The molecule has 2 saturated heterocycles. The fourth-order valence-corrected chi connectivity index (χ4v) is 4.95. The Morgan fingerprint density at radius 3 is 2.19 bits per heavy atom. The molecule has 212 valence electrons. The van der Waals surface area contributed by atoms with Crippen LogP contribution in [-0.4, -0.2) is 122 Å². The van der Waals surface area contributed by atoms with E-state index in [0.29, 0.717) is 0 Å². The minimum Gasteiger partial charge on any atom is -0.388 e. The normalized spacial score (nSPS) is 45.6. The van der Waals surface area contributed by atoms with Crippen LogP contribution in [-0.2, 0) is 23.7 Å². The topological polar surface area (TPSA) is 196 Å². The third-order valence-electron chi connectivity index (χ3n) is 7.46. The highest BCUT2D eigenvalue weighted by Gasteiger charge is 2.47. The summed E-state index contributed by atoms with van der Waals surface area (Å²) in [4.78, 5) is 12.0. The third kappa shape index (κ3) is 6.31. The number of ether oxygens (including phenoxy) is 4. The van der Waals surface area contributed by atoms with E-state index in [9.17, 15) is 40.5 Å². The van der Waals surface area contributed by atoms with Crippen molar-refractivity contribution in [1.82, 2.24) is 0 Å². The molecule has 0 aromatic rings. The van der Waals surface area contributed by atoms with E-state index in [1.807, 2.05) is 0 Å². The summed E-state index contributed by atoms with van der Waals surface area (Å²) in [6.07, 6.45) is -10.7. The second kappa shape index (κ2) is 11.8. The highest BCUT2D eigenvalue weighted by atomic mass is 16.7. The summed E-state index contributed by atoms with van der Waals surface area (Å²) >= 11 is 0. The monoisotopic (exact) mass is 532 g/mol. The molecule has 13 unspecified atom stereocenters. The van der Waals surface area contributed by atoms with Gasteiger partial charge in [-0.15, -0.1) is 0 Å². The van der Waals surface area contributed by atoms with Crippen LogP contribution in [0.25, 0.3) is 0 Å². The third-order valence-corrected chi connectivity index (χ3v) is 7.46. The minimum absolute atomic E-state index is 0.254. The van der Waals surface area contributed by atoms with Crippen molar-refractivity contribution in [3.8, 4) is 0 Å². The van der Waals surface area contributed by atoms with Crippen LogP contribution >= 0.6 is 0 Å². The van der Waals surface area contributed by atoms with E-state index in [0.717, 1.165) is 5.57 Å². The molecule has 0 aromatic heterocycles. The molecule has 12 nitrogen and oxygen atoms in total. The Balaban J connectivity index is 1.63. The number of aliphatic hydroxyl groups is 7. The van der Waals surface area contributed by atoms with Crippen molar-refractivity contribution in [1.29, 1.82) is 0 Å². The van der Waals surface area contributed by atoms with E-state index in [2.05, 4.69) is 0 Å². The summed E-state index contributed by atoms with van der Waals surface area (Å²) in [5, 5.41) is 71.3. The highest BCUT2D eigenvalue weighted by Crippen LogP contribution is 2.41. The van der Waals surface area contributed by atoms with Gasteiger partial charge in [-0.2, -0.15) is 0 Å². The Labute approximate surface area is 215 Å². The van der Waals surface area contributed by atoms with Crippen LogP contribution < -0.4 is 0 Å². The molecule has 0 radical (unpaired) electrons. The van der Waals surface area contributed by atoms with Gasteiger partial charge in [0.15, 0.2) is 18.4 Å². The standard InChI is InChI=1S/C25H40O12/c1-10-8-14(26)22(33)25(4,5)13(10)7-6-11(2)35-24-21(32)19(30)17(28)15(37-24)9-34-23-20(31)18(29)16(27)12(3)36-23/h6-8,11-13,15-24,27-33H,9H2,1-5H3. The number of hydrogen-bond donors (Lipinski definition) is 7. The first kappa shape index (κ1) is 30.3. The Morgan fingerprint density at radius 2 is 1.54 bits per heavy atom. The predicted molar refractivity (Wildman–Crippen MR) is 127 cm³/mol. The number of allylic oxidation sites excluding steroid dienone is 2. The number of ketones is 1. The van der Waals surface area contributed by atoms with Gasteiger partial charge in [-0.3, -0.25) is 4.79 Å². The Morgan fingerprint density at radius 1 is 0.946 bits per heavy atom. The summed E-state index contributed by atoms with van der Waals surface area (Å²) in [6, 6.07) is 0. The first-order valence-electron chi connectivity index (χ1n) is 12.4. The first-order chi connectivity index (χ1) is 17.2. The molecule has 12 heteroatoms. The Hall–Kier alpha value is -1.29. The lowest BCUT2D eigenvalue weighted by molar-refractivity contribution is -0.330. The molecule has 0 aromatic carbocycles. The van der Waals surface area contributed by atoms with Gasteiger partial charge in [0.25, 0.3) is 0 Å². The average molecular weight is 533 g/mol. The second-order valence-electron chi connectivity index (χ2n) is 10.7. The number of hydrogen-bond acceptors (Lipinski definition) is 12. The average Bonchev–Trinajstić information content (AvgIpc) is 2.83. The van der Waals surface area contributed by atoms with E-state index in [1.165, 1.54) is 13.0 Å². The van der Waals surface area contributed by atoms with Gasteiger partial charge in [-0.25, -0.2) is 0 Å². The summed E-state index contributed by atoms with van der Waals surface area (Å²) in [7, 11) is 0. The molecule has 0 amide bonds. The van der Waals surface area contributed by atoms with Crippen molar-refractivity contribution in [3.05, 3.63) is 23.8 Å². The predicted octanol–water partition coefficient (Wildman–Crippen LogP) is -1.87. The molecule has 2 heterocycles. The van der Waals surface area contributed by atoms with Crippen LogP contribution in [0.3, 0.4) is 0 Å². The maximum Gasteiger partial charge on any atom is 0.187 e. The van der Waals surface area contributed by atoms with Crippen molar-refractivity contribution >= 4 is 5.78 Å². The van der Waals surface area contributed by atoms with Gasteiger partial charge in [-0.1, -0.05) is 31.6 Å². The lowest BCUT2D eigenvalue weighted by Gasteiger charge is -2.43. The van der Waals surface area contributed by atoms with E-state index in [-0.39, 0.29) is 11.7 Å². The number of carbonyl (C=O) groups is 1. The van der Waals surface area contributed by atoms with E-state index in [4.69, 9.17) is 18.9 Å². The van der Waals surface area contributed by atoms with Gasteiger partial charge in [-0.05, 0) is 26.8 Å². The molecule has 7 N–H and O–H groups in total. The molecule has 2 aliphatic heterocycles. The second-order valence-corrected chi connectivity index (χ2v) is 10.7. The number of carbonyl (C=O) groups excluding carboxylic acids is 1. The molecule has 0 bridgehead atoms. The van der Waals surface area contributed by atoms with Gasteiger partial charge in [0, 0.05) is 11.3 Å². The largest absolute Gasteiger partial charge is 0.388 e. The molecule has 37 heavy (non-hydrogen) atoms. The highest BCUT2D eigenvalue weighted by molar-refractivity contribution is 5.95. The number of rotatable bonds is 7. The van der Waals surface area contributed by atoms with Gasteiger partial charge in [0.05, 0.1) is 18.8 Å². The summed E-state index contributed by atoms with van der Waals surface area (Å²) in [6.45, 7) is 8.15. The minimum atomic E-state index is -1.63. The zero-order chi connectivity index (χ0) is 27.8. The van der Waals surface area contributed by atoms with Gasteiger partial charge < -0.3 is 54.7 Å². The van der Waals surface area contributed by atoms with Crippen molar-refractivity contribution in [2.45, 2.75) is 108 Å². The first-order valence-corrected chi connectivity index (χ1v) is 12.4. The smallest absolute Gasteiger partial charge is 0.187 e. The van der Waals surface area contributed by atoms with E-state index < -0.39 is 85.6 Å². The Kier molecular flexibility index (Phi) is 9.68. The summed E-state index contributed by atoms with van der Waals surface area (Å²) < 4.78 is 22.2. The van der Waals surface area contributed by atoms with Crippen molar-refractivity contribution in [2.24, 2.45) is 11.3 Å². The van der Waals surface area contributed by atoms with E-state index >= 15 is 0 Å². The molecule has 0 saturated carbocycles. The molecule has 2 fully saturated rings. The molecular weight excluding hydrogens is 492 g/mol. The lowest BCUT2D eigenvalue weighted by Crippen LogP contribution is -2.61. The number of aliphatic hydroxyl groups excluding tert-OH is 7. The van der Waals surface area contributed by atoms with Crippen molar-refractivity contribution in [3.63, 3.8) is 0 Å². The SMILES string of the molecule is CC1=CC(=O)C(O)C(C)(C)C1C=CC(C)OC1OC(COC2OC(C)C(O)C(O)C2O)C(O)C(O)C1O. The quantitative estimate of drug-likeness (QED) is 0.181. The van der Waals surface area contributed by atoms with Crippen LogP contribution in [0.2, 0.25) is 0 Å². The van der Waals surface area contributed by atoms with E-state index in [1.54, 1.807) is 39.8 Å².